The first kappa shape index (κ1) is 14.2. The largest absolute Gasteiger partial charge is 0.453 e. The van der Waals surface area contributed by atoms with E-state index in [1.165, 1.54) is 17.8 Å². The molecule has 0 aliphatic heterocycles. The molecular weight excluding hydrogens is 282 g/mol. The summed E-state index contributed by atoms with van der Waals surface area (Å²) in [6.45, 7) is 0. The molecule has 0 amide bonds. The average Bonchev–Trinajstić information content (AvgIpc) is 2.44. The quantitative estimate of drug-likeness (QED) is 0.687. The molecule has 0 atom stereocenters. The van der Waals surface area contributed by atoms with Crippen molar-refractivity contribution in [1.82, 2.24) is 0 Å². The molecule has 0 fully saturated rings. The van der Waals surface area contributed by atoms with E-state index in [0.29, 0.717) is 4.90 Å². The molecule has 6 heteroatoms. The van der Waals surface area contributed by atoms with Crippen molar-refractivity contribution in [2.75, 3.05) is 12.0 Å². The van der Waals surface area contributed by atoms with Gasteiger partial charge in [-0.15, -0.1) is 11.8 Å². The molecule has 3 nitrogen and oxygen atoms in total. The van der Waals surface area contributed by atoms with E-state index in [1.807, 2.05) is 12.3 Å². The maximum Gasteiger partial charge on any atom is 0.167 e. The van der Waals surface area contributed by atoms with Crippen molar-refractivity contribution in [1.29, 1.82) is 5.26 Å². The molecule has 2 aromatic carbocycles. The van der Waals surface area contributed by atoms with Gasteiger partial charge in [-0.2, -0.15) is 5.26 Å². The number of nitrogens with zero attached hydrogens (tertiary/aromatic N) is 1. The molecule has 0 aliphatic carbocycles. The first-order valence-corrected chi connectivity index (χ1v) is 6.78. The minimum atomic E-state index is -0.789. The maximum absolute atomic E-state index is 13.7. The monoisotopic (exact) mass is 292 g/mol. The molecule has 0 spiro atoms. The molecule has 0 aromatic heterocycles. The topological polar surface area (TPSA) is 59.0 Å². The van der Waals surface area contributed by atoms with Crippen LogP contribution in [-0.2, 0) is 0 Å². The standard InChI is InChI=1S/C14H10F2N2OS/c1-20-14-4-2-3-12(8(14)7-17)19-13-6-9(15)11(18)5-10(13)16/h2-6H,18H2,1H3. The molecule has 0 saturated heterocycles. The number of halogens is 2. The van der Waals surface area contributed by atoms with Gasteiger partial charge in [0.2, 0.25) is 0 Å². The number of hydrogen-bond donors (Lipinski definition) is 1. The van der Waals surface area contributed by atoms with E-state index in [9.17, 15) is 8.78 Å². The highest BCUT2D eigenvalue weighted by atomic mass is 32.2. The highest BCUT2D eigenvalue weighted by Gasteiger charge is 2.14. The Morgan fingerprint density at radius 2 is 1.95 bits per heavy atom. The van der Waals surface area contributed by atoms with Crippen molar-refractivity contribution in [2.45, 2.75) is 4.90 Å². The fourth-order valence-electron chi connectivity index (χ4n) is 1.62. The van der Waals surface area contributed by atoms with E-state index in [-0.39, 0.29) is 22.7 Å². The van der Waals surface area contributed by atoms with E-state index in [4.69, 9.17) is 15.7 Å². The lowest BCUT2D eigenvalue weighted by atomic mass is 10.2. The number of nitrogen functional groups attached to an aromatic ring is 1. The molecule has 2 aromatic rings. The Labute approximate surface area is 119 Å². The summed E-state index contributed by atoms with van der Waals surface area (Å²) in [6, 6.07) is 8.64. The number of hydrogen-bond acceptors (Lipinski definition) is 4. The maximum atomic E-state index is 13.7. The minimum Gasteiger partial charge on any atom is -0.453 e. The molecule has 20 heavy (non-hydrogen) atoms. The van der Waals surface area contributed by atoms with E-state index >= 15 is 0 Å². The Morgan fingerprint density at radius 1 is 1.20 bits per heavy atom. The van der Waals surface area contributed by atoms with E-state index < -0.39 is 11.6 Å². The van der Waals surface area contributed by atoms with Crippen LogP contribution >= 0.6 is 11.8 Å². The van der Waals surface area contributed by atoms with E-state index in [2.05, 4.69) is 0 Å². The lowest BCUT2D eigenvalue weighted by Gasteiger charge is -2.11. The van der Waals surface area contributed by atoms with Crippen LogP contribution in [0.1, 0.15) is 5.56 Å². The molecule has 2 rings (SSSR count). The normalized spacial score (nSPS) is 10.1. The molecule has 102 valence electrons. The van der Waals surface area contributed by atoms with E-state index in [1.54, 1.807) is 12.1 Å². The average molecular weight is 292 g/mol. The number of nitrogens with two attached hydrogens (primary N) is 1. The van der Waals surface area contributed by atoms with Gasteiger partial charge in [0.05, 0.1) is 5.69 Å². The fraction of sp³-hybridized carbons (Fsp3) is 0.0714. The van der Waals surface area contributed by atoms with Gasteiger partial charge in [-0.1, -0.05) is 6.07 Å². The van der Waals surface area contributed by atoms with E-state index in [0.717, 1.165) is 12.1 Å². The van der Waals surface area contributed by atoms with Crippen LogP contribution in [-0.4, -0.2) is 6.26 Å². The fourth-order valence-corrected chi connectivity index (χ4v) is 2.18. The molecule has 0 radical (unpaired) electrons. The summed E-state index contributed by atoms with van der Waals surface area (Å²) >= 11 is 1.36. The second-order valence-corrected chi connectivity index (χ2v) is 4.70. The first-order chi connectivity index (χ1) is 9.56. The summed E-state index contributed by atoms with van der Waals surface area (Å²) in [5.74, 6) is -1.71. The van der Waals surface area contributed by atoms with Gasteiger partial charge >= 0.3 is 0 Å². The van der Waals surface area contributed by atoms with Crippen molar-refractivity contribution in [3.05, 3.63) is 47.5 Å². The van der Waals surface area contributed by atoms with Crippen molar-refractivity contribution >= 4 is 17.4 Å². The van der Waals surface area contributed by atoms with Gasteiger partial charge in [0.1, 0.15) is 23.2 Å². The van der Waals surface area contributed by atoms with Crippen molar-refractivity contribution in [3.8, 4) is 17.6 Å². The molecule has 0 saturated carbocycles. The van der Waals surface area contributed by atoms with Crippen LogP contribution in [0, 0.1) is 23.0 Å². The van der Waals surface area contributed by atoms with Gasteiger partial charge in [-0.25, -0.2) is 8.78 Å². The lowest BCUT2D eigenvalue weighted by molar-refractivity contribution is 0.435. The summed E-state index contributed by atoms with van der Waals surface area (Å²) in [6.07, 6.45) is 1.81. The predicted molar refractivity (Wildman–Crippen MR) is 73.8 cm³/mol. The van der Waals surface area contributed by atoms with Crippen LogP contribution in [0.5, 0.6) is 11.5 Å². The Morgan fingerprint density at radius 3 is 2.60 bits per heavy atom. The van der Waals surface area contributed by atoms with Crippen molar-refractivity contribution in [3.63, 3.8) is 0 Å². The van der Waals surface area contributed by atoms with Gasteiger partial charge < -0.3 is 10.5 Å². The highest BCUT2D eigenvalue weighted by Crippen LogP contribution is 2.33. The Kier molecular flexibility index (Phi) is 4.11. The minimum absolute atomic E-state index is 0.169. The van der Waals surface area contributed by atoms with Crippen molar-refractivity contribution < 1.29 is 13.5 Å². The van der Waals surface area contributed by atoms with Crippen LogP contribution < -0.4 is 10.5 Å². The highest BCUT2D eigenvalue weighted by molar-refractivity contribution is 7.98. The molecule has 0 heterocycles. The number of thioether (sulfide) groups is 1. The number of anilines is 1. The zero-order chi connectivity index (χ0) is 14.7. The molecular formula is C14H10F2N2OS. The lowest BCUT2D eigenvalue weighted by Crippen LogP contribution is -1.97. The van der Waals surface area contributed by atoms with Crippen molar-refractivity contribution in [2.24, 2.45) is 0 Å². The molecule has 2 N–H and O–H groups in total. The number of nitriles is 1. The number of ether oxygens (including phenoxy) is 1. The zero-order valence-corrected chi connectivity index (χ0v) is 11.3. The summed E-state index contributed by atoms with van der Waals surface area (Å²) in [7, 11) is 0. The summed E-state index contributed by atoms with van der Waals surface area (Å²) in [5, 5.41) is 9.15. The summed E-state index contributed by atoms with van der Waals surface area (Å²) < 4.78 is 32.3. The number of rotatable bonds is 3. The predicted octanol–water partition coefficient (Wildman–Crippen LogP) is 3.93. The third-order valence-corrected chi connectivity index (χ3v) is 3.37. The third-order valence-electron chi connectivity index (χ3n) is 2.59. The SMILES string of the molecule is CSc1cccc(Oc2cc(F)c(N)cc2F)c1C#N. The molecule has 0 unspecified atom stereocenters. The van der Waals surface area contributed by atoms with Gasteiger partial charge in [0.25, 0.3) is 0 Å². The van der Waals surface area contributed by atoms with Crippen LogP contribution in [0.3, 0.4) is 0 Å². The number of benzene rings is 2. The van der Waals surface area contributed by atoms with Crippen LogP contribution in [0.25, 0.3) is 0 Å². The second kappa shape index (κ2) is 5.80. The second-order valence-electron chi connectivity index (χ2n) is 3.85. The Hall–Kier alpha value is -2.26. The molecule has 0 aliphatic rings. The summed E-state index contributed by atoms with van der Waals surface area (Å²) in [5.41, 5.74) is 5.24. The zero-order valence-electron chi connectivity index (χ0n) is 10.5. The Balaban J connectivity index is 2.46. The van der Waals surface area contributed by atoms with Gasteiger partial charge in [0.15, 0.2) is 11.6 Å². The molecule has 0 bridgehead atoms. The van der Waals surface area contributed by atoms with Gasteiger partial charge in [-0.3, -0.25) is 0 Å². The smallest absolute Gasteiger partial charge is 0.167 e. The first-order valence-electron chi connectivity index (χ1n) is 5.56. The summed E-state index contributed by atoms with van der Waals surface area (Å²) in [4.78, 5) is 0.696. The van der Waals surface area contributed by atoms with Crippen LogP contribution in [0.15, 0.2) is 35.2 Å². The van der Waals surface area contributed by atoms with Crippen LogP contribution in [0.4, 0.5) is 14.5 Å². The third kappa shape index (κ3) is 2.68. The Bertz CT molecular complexity index is 698. The van der Waals surface area contributed by atoms with Gasteiger partial charge in [0, 0.05) is 17.0 Å². The van der Waals surface area contributed by atoms with Crippen LogP contribution in [0.2, 0.25) is 0 Å². The van der Waals surface area contributed by atoms with Gasteiger partial charge in [-0.05, 0) is 18.4 Å².